The van der Waals surface area contributed by atoms with Crippen molar-refractivity contribution in [3.63, 3.8) is 0 Å². The highest BCUT2D eigenvalue weighted by Gasteiger charge is 2.08. The summed E-state index contributed by atoms with van der Waals surface area (Å²) in [7, 11) is 1.53. The van der Waals surface area contributed by atoms with Crippen molar-refractivity contribution in [1.82, 2.24) is 5.43 Å². The number of furan rings is 1. The molecule has 0 fully saturated rings. The van der Waals surface area contributed by atoms with Gasteiger partial charge in [0.05, 0.1) is 13.3 Å². The lowest BCUT2D eigenvalue weighted by atomic mass is 10.2. The van der Waals surface area contributed by atoms with E-state index in [4.69, 9.17) is 25.5 Å². The van der Waals surface area contributed by atoms with Gasteiger partial charge in [0.25, 0.3) is 5.91 Å². The van der Waals surface area contributed by atoms with Crippen molar-refractivity contribution in [2.45, 2.75) is 0 Å². The number of nitrogens with one attached hydrogen (secondary N) is 1. The van der Waals surface area contributed by atoms with Crippen molar-refractivity contribution in [3.05, 3.63) is 69.9 Å². The molecular weight excluding hydrogens is 448 g/mol. The van der Waals surface area contributed by atoms with Crippen molar-refractivity contribution in [1.29, 1.82) is 0 Å². The molecule has 0 bridgehead atoms. The number of benzene rings is 2. The van der Waals surface area contributed by atoms with Gasteiger partial charge in [-0.25, -0.2) is 5.43 Å². The highest BCUT2D eigenvalue weighted by atomic mass is 79.9. The molecule has 0 saturated heterocycles. The molecule has 0 atom stereocenters. The molecule has 0 aliphatic carbocycles. The van der Waals surface area contributed by atoms with E-state index in [1.54, 1.807) is 36.4 Å². The van der Waals surface area contributed by atoms with Crippen LogP contribution in [0.15, 0.2) is 68.6 Å². The first-order valence-electron chi connectivity index (χ1n) is 8.19. The molecule has 2 aromatic carbocycles. The fraction of sp³-hybridized carbons (Fsp3) is 0.100. The summed E-state index contributed by atoms with van der Waals surface area (Å²) in [6.07, 6.45) is 1.41. The van der Waals surface area contributed by atoms with Crippen molar-refractivity contribution < 1.29 is 18.7 Å². The Morgan fingerprint density at radius 1 is 1.18 bits per heavy atom. The third-order valence-corrected chi connectivity index (χ3v) is 4.37. The van der Waals surface area contributed by atoms with Crippen molar-refractivity contribution >= 4 is 39.7 Å². The van der Waals surface area contributed by atoms with Crippen LogP contribution in [-0.4, -0.2) is 25.8 Å². The number of amides is 1. The summed E-state index contributed by atoms with van der Waals surface area (Å²) >= 11 is 9.22. The fourth-order valence-corrected chi connectivity index (χ4v) is 2.76. The van der Waals surface area contributed by atoms with Crippen LogP contribution in [0.3, 0.4) is 0 Å². The van der Waals surface area contributed by atoms with Gasteiger partial charge in [-0.05, 0) is 54.6 Å². The molecule has 144 valence electrons. The molecule has 0 unspecified atom stereocenters. The zero-order valence-electron chi connectivity index (χ0n) is 14.8. The predicted molar refractivity (Wildman–Crippen MR) is 111 cm³/mol. The average molecular weight is 464 g/mol. The number of hydrogen-bond acceptors (Lipinski definition) is 5. The van der Waals surface area contributed by atoms with Crippen molar-refractivity contribution in [2.75, 3.05) is 13.7 Å². The Kier molecular flexibility index (Phi) is 6.73. The number of carbonyl (C=O) groups is 1. The van der Waals surface area contributed by atoms with Crippen LogP contribution in [0, 0.1) is 0 Å². The number of ether oxygens (including phenoxy) is 2. The van der Waals surface area contributed by atoms with Crippen molar-refractivity contribution in [2.24, 2.45) is 5.10 Å². The van der Waals surface area contributed by atoms with Gasteiger partial charge in [0.15, 0.2) is 18.1 Å². The Balaban J connectivity index is 1.52. The van der Waals surface area contributed by atoms with Gasteiger partial charge in [0.2, 0.25) is 0 Å². The maximum Gasteiger partial charge on any atom is 0.277 e. The molecule has 8 heteroatoms. The highest BCUT2D eigenvalue weighted by Crippen LogP contribution is 2.30. The van der Waals surface area contributed by atoms with Crippen LogP contribution in [-0.2, 0) is 4.79 Å². The van der Waals surface area contributed by atoms with Gasteiger partial charge in [-0.2, -0.15) is 5.10 Å². The molecule has 0 saturated carbocycles. The SMILES string of the molecule is COc1cc(Br)ccc1OCC(=O)N/N=C/c1ccc(-c2ccc(Cl)cc2)o1. The van der Waals surface area contributed by atoms with E-state index in [0.717, 1.165) is 10.0 Å². The number of hydrogen-bond donors (Lipinski definition) is 1. The van der Waals surface area contributed by atoms with Crippen LogP contribution in [0.25, 0.3) is 11.3 Å². The molecule has 28 heavy (non-hydrogen) atoms. The first kappa shape index (κ1) is 20.0. The van der Waals surface area contributed by atoms with Gasteiger partial charge in [-0.3, -0.25) is 4.79 Å². The maximum atomic E-state index is 11.9. The minimum Gasteiger partial charge on any atom is -0.493 e. The van der Waals surface area contributed by atoms with Gasteiger partial charge in [0, 0.05) is 15.1 Å². The van der Waals surface area contributed by atoms with Gasteiger partial charge in [0.1, 0.15) is 11.5 Å². The Morgan fingerprint density at radius 3 is 2.71 bits per heavy atom. The summed E-state index contributed by atoms with van der Waals surface area (Å²) in [5.41, 5.74) is 3.28. The van der Waals surface area contributed by atoms with Crippen LogP contribution in [0.1, 0.15) is 5.76 Å². The lowest BCUT2D eigenvalue weighted by Crippen LogP contribution is -2.24. The van der Waals surface area contributed by atoms with E-state index in [-0.39, 0.29) is 6.61 Å². The molecule has 0 aliphatic rings. The molecule has 1 heterocycles. The summed E-state index contributed by atoms with van der Waals surface area (Å²) in [5, 5.41) is 4.53. The third-order valence-electron chi connectivity index (χ3n) is 3.62. The van der Waals surface area contributed by atoms with Crippen LogP contribution >= 0.6 is 27.5 Å². The Bertz CT molecular complexity index is 986. The largest absolute Gasteiger partial charge is 0.493 e. The minimum atomic E-state index is -0.411. The topological polar surface area (TPSA) is 73.1 Å². The van der Waals surface area contributed by atoms with Crippen LogP contribution in [0.5, 0.6) is 11.5 Å². The first-order valence-corrected chi connectivity index (χ1v) is 9.36. The van der Waals surface area contributed by atoms with Gasteiger partial charge in [-0.15, -0.1) is 0 Å². The molecular formula is C20H16BrClN2O4. The summed E-state index contributed by atoms with van der Waals surface area (Å²) in [4.78, 5) is 11.9. The summed E-state index contributed by atoms with van der Waals surface area (Å²) in [5.74, 6) is 1.75. The number of halogens is 2. The van der Waals surface area contributed by atoms with Gasteiger partial charge < -0.3 is 13.9 Å². The standard InChI is InChI=1S/C20H16BrClN2O4/c1-26-19-10-14(21)4-8-18(19)27-12-20(25)24-23-11-16-7-9-17(28-16)13-2-5-15(22)6-3-13/h2-11H,12H2,1H3,(H,24,25)/b23-11+. The Labute approximate surface area is 175 Å². The molecule has 1 aromatic heterocycles. The zero-order valence-corrected chi connectivity index (χ0v) is 17.2. The van der Waals surface area contributed by atoms with E-state index in [1.165, 1.54) is 13.3 Å². The molecule has 3 aromatic rings. The van der Waals surface area contributed by atoms with Gasteiger partial charge >= 0.3 is 0 Å². The van der Waals surface area contributed by atoms with E-state index in [2.05, 4.69) is 26.5 Å². The monoisotopic (exact) mass is 462 g/mol. The molecule has 0 radical (unpaired) electrons. The zero-order chi connectivity index (χ0) is 19.9. The summed E-state index contributed by atoms with van der Waals surface area (Å²) < 4.78 is 17.2. The smallest absolute Gasteiger partial charge is 0.277 e. The fourth-order valence-electron chi connectivity index (χ4n) is 2.30. The predicted octanol–water partition coefficient (Wildman–Crippen LogP) is 4.90. The van der Waals surface area contributed by atoms with E-state index >= 15 is 0 Å². The number of carbonyl (C=O) groups excluding carboxylic acids is 1. The van der Waals surface area contributed by atoms with Crippen molar-refractivity contribution in [3.8, 4) is 22.8 Å². The first-order chi connectivity index (χ1) is 13.5. The second kappa shape index (κ2) is 9.43. The Hall–Kier alpha value is -2.77. The number of methoxy groups -OCH3 is 1. The lowest BCUT2D eigenvalue weighted by Gasteiger charge is -2.09. The highest BCUT2D eigenvalue weighted by molar-refractivity contribution is 9.10. The summed E-state index contributed by atoms with van der Waals surface area (Å²) in [6, 6.07) is 16.1. The van der Waals surface area contributed by atoms with Gasteiger partial charge in [-0.1, -0.05) is 27.5 Å². The second-order valence-electron chi connectivity index (χ2n) is 5.59. The maximum absolute atomic E-state index is 11.9. The lowest BCUT2D eigenvalue weighted by molar-refractivity contribution is -0.123. The van der Waals surface area contributed by atoms with E-state index in [9.17, 15) is 4.79 Å². The minimum absolute atomic E-state index is 0.205. The molecule has 1 amide bonds. The number of hydrazone groups is 1. The molecule has 3 rings (SSSR count). The van der Waals surface area contributed by atoms with Crippen LogP contribution in [0.2, 0.25) is 5.02 Å². The normalized spacial score (nSPS) is 10.8. The van der Waals surface area contributed by atoms with Crippen LogP contribution < -0.4 is 14.9 Å². The van der Waals surface area contributed by atoms with E-state index in [0.29, 0.717) is 28.0 Å². The molecule has 1 N–H and O–H groups in total. The number of nitrogens with zero attached hydrogens (tertiary/aromatic N) is 1. The number of rotatable bonds is 7. The van der Waals surface area contributed by atoms with E-state index < -0.39 is 5.91 Å². The second-order valence-corrected chi connectivity index (χ2v) is 6.94. The molecule has 6 nitrogen and oxygen atoms in total. The molecule has 0 aliphatic heterocycles. The average Bonchev–Trinajstić information content (AvgIpc) is 3.16. The quantitative estimate of drug-likeness (QED) is 0.399. The van der Waals surface area contributed by atoms with Crippen LogP contribution in [0.4, 0.5) is 0 Å². The van der Waals surface area contributed by atoms with E-state index in [1.807, 2.05) is 18.2 Å². The third kappa shape index (κ3) is 5.37. The Morgan fingerprint density at radius 2 is 1.96 bits per heavy atom. The molecule has 0 spiro atoms. The summed E-state index contributed by atoms with van der Waals surface area (Å²) in [6.45, 7) is -0.205.